The molecule has 1 N–H and O–H groups in total. The van der Waals surface area contributed by atoms with Crippen molar-refractivity contribution in [2.45, 2.75) is 95.8 Å². The highest BCUT2D eigenvalue weighted by Crippen LogP contribution is 2.38. The maximum absolute atomic E-state index is 14.0. The van der Waals surface area contributed by atoms with E-state index in [1.165, 1.54) is 8.61 Å². The van der Waals surface area contributed by atoms with Gasteiger partial charge in [0.15, 0.2) is 5.75 Å². The Balaban J connectivity index is 2.81. The number of fused-ring (bicyclic) bond motifs is 1. The third-order valence-electron chi connectivity index (χ3n) is 6.30. The van der Waals surface area contributed by atoms with Gasteiger partial charge in [-0.15, -0.1) is 0 Å². The summed E-state index contributed by atoms with van der Waals surface area (Å²) in [6.45, 7) is 11.0. The van der Waals surface area contributed by atoms with Gasteiger partial charge in [-0.25, -0.2) is 21.8 Å². The zero-order valence-corrected chi connectivity index (χ0v) is 24.1. The average Bonchev–Trinajstić information content (AvgIpc) is 2.84. The first-order valence-electron chi connectivity index (χ1n) is 13.2. The van der Waals surface area contributed by atoms with Crippen LogP contribution in [-0.4, -0.2) is 61.7 Å². The van der Waals surface area contributed by atoms with E-state index < -0.39 is 30.7 Å². The number of hydrogen-bond acceptors (Lipinski definition) is 6. The van der Waals surface area contributed by atoms with Gasteiger partial charge in [0.2, 0.25) is 20.0 Å². The fraction of sp³-hybridized carbons (Fsp3) is 0.654. The SMILES string of the molecule is CCCCN(CCCC)S(=O)(=O)c1cc(S(=O)(=O)N(CCCC)CCCC)c2ccc(C)nc2c1O. The van der Waals surface area contributed by atoms with Crippen LogP contribution < -0.4 is 0 Å². The van der Waals surface area contributed by atoms with E-state index in [2.05, 4.69) is 4.98 Å². The first kappa shape index (κ1) is 30.5. The number of aryl methyl sites for hydroxylation is 1. The molecule has 0 aliphatic carbocycles. The zero-order valence-electron chi connectivity index (χ0n) is 22.5. The van der Waals surface area contributed by atoms with Gasteiger partial charge in [0.1, 0.15) is 10.4 Å². The monoisotopic (exact) mass is 541 g/mol. The molecule has 0 saturated carbocycles. The van der Waals surface area contributed by atoms with Gasteiger partial charge in [0, 0.05) is 37.3 Å². The standard InChI is InChI=1S/C26H43N3O5S2/c1-6-10-16-28(17-11-7-2)35(31,32)23-20-24(26(30)25-22(23)15-14-21(5)27-25)36(33,34)29(18-12-8-3)19-13-9-4/h14-15,20,30H,6-13,16-19H2,1-5H3. The van der Waals surface area contributed by atoms with Crippen molar-refractivity contribution < 1.29 is 21.9 Å². The summed E-state index contributed by atoms with van der Waals surface area (Å²) in [7, 11) is -8.21. The highest BCUT2D eigenvalue weighted by molar-refractivity contribution is 7.90. The third-order valence-corrected chi connectivity index (χ3v) is 10.2. The molecule has 2 aromatic rings. The van der Waals surface area contributed by atoms with Crippen LogP contribution in [0.1, 0.15) is 84.8 Å². The Labute approximate surface area is 217 Å². The molecule has 0 spiro atoms. The van der Waals surface area contributed by atoms with Gasteiger partial charge in [0.05, 0.1) is 4.90 Å². The van der Waals surface area contributed by atoms with Gasteiger partial charge in [-0.05, 0) is 50.8 Å². The second kappa shape index (κ2) is 13.7. The minimum atomic E-state index is -4.16. The number of phenols is 1. The molecule has 0 unspecified atom stereocenters. The second-order valence-electron chi connectivity index (χ2n) is 9.29. The predicted octanol–water partition coefficient (Wildman–Crippen LogP) is 5.43. The molecule has 1 heterocycles. The van der Waals surface area contributed by atoms with Crippen LogP contribution in [0.25, 0.3) is 10.9 Å². The molecule has 0 bridgehead atoms. The van der Waals surface area contributed by atoms with Crippen molar-refractivity contribution in [1.29, 1.82) is 0 Å². The van der Waals surface area contributed by atoms with E-state index in [4.69, 9.17) is 0 Å². The van der Waals surface area contributed by atoms with Gasteiger partial charge in [-0.2, -0.15) is 8.61 Å². The lowest BCUT2D eigenvalue weighted by molar-refractivity contribution is 0.389. The highest BCUT2D eigenvalue weighted by atomic mass is 32.2. The number of aromatic nitrogens is 1. The molecule has 204 valence electrons. The minimum absolute atomic E-state index is 0.00786. The van der Waals surface area contributed by atoms with E-state index >= 15 is 0 Å². The van der Waals surface area contributed by atoms with Crippen LogP contribution in [-0.2, 0) is 20.0 Å². The number of benzene rings is 1. The zero-order chi connectivity index (χ0) is 26.9. The van der Waals surface area contributed by atoms with Gasteiger partial charge in [0.25, 0.3) is 0 Å². The second-order valence-corrected chi connectivity index (χ2v) is 13.1. The number of aromatic hydroxyl groups is 1. The van der Waals surface area contributed by atoms with E-state index in [9.17, 15) is 21.9 Å². The van der Waals surface area contributed by atoms with Crippen molar-refractivity contribution in [2.75, 3.05) is 26.2 Å². The molecule has 2 rings (SSSR count). The topological polar surface area (TPSA) is 108 Å². The molecule has 36 heavy (non-hydrogen) atoms. The molecular weight excluding hydrogens is 498 g/mol. The molecule has 1 aromatic heterocycles. The largest absolute Gasteiger partial charge is 0.504 e. The van der Waals surface area contributed by atoms with Crippen molar-refractivity contribution >= 4 is 30.9 Å². The lowest BCUT2D eigenvalue weighted by atomic mass is 10.2. The summed E-state index contributed by atoms with van der Waals surface area (Å²) in [4.78, 5) is 3.85. The number of hydrogen-bond donors (Lipinski definition) is 1. The molecule has 8 nitrogen and oxygen atoms in total. The van der Waals surface area contributed by atoms with Crippen LogP contribution in [0.5, 0.6) is 5.75 Å². The van der Waals surface area contributed by atoms with E-state index in [-0.39, 0.29) is 15.8 Å². The van der Waals surface area contributed by atoms with E-state index in [1.807, 2.05) is 27.7 Å². The summed E-state index contributed by atoms with van der Waals surface area (Å²) < 4.78 is 58.3. The summed E-state index contributed by atoms with van der Waals surface area (Å²) in [5, 5.41) is 11.4. The Hall–Kier alpha value is -1.75. The fourth-order valence-corrected chi connectivity index (χ4v) is 7.47. The smallest absolute Gasteiger partial charge is 0.246 e. The fourth-order valence-electron chi connectivity index (χ4n) is 4.05. The number of sulfonamides is 2. The minimum Gasteiger partial charge on any atom is -0.504 e. The lowest BCUT2D eigenvalue weighted by Crippen LogP contribution is -2.34. The number of pyridine rings is 1. The van der Waals surface area contributed by atoms with Gasteiger partial charge < -0.3 is 5.11 Å². The molecule has 0 aliphatic rings. The number of rotatable bonds is 16. The summed E-state index contributed by atoms with van der Waals surface area (Å²) in [5.74, 6) is -0.501. The van der Waals surface area contributed by atoms with Crippen LogP contribution >= 0.6 is 0 Å². The van der Waals surface area contributed by atoms with Crippen LogP contribution in [0.4, 0.5) is 0 Å². The lowest BCUT2D eigenvalue weighted by Gasteiger charge is -2.25. The van der Waals surface area contributed by atoms with Gasteiger partial charge >= 0.3 is 0 Å². The summed E-state index contributed by atoms with van der Waals surface area (Å²) in [6, 6.07) is 4.42. The Bertz CT molecular complexity index is 1200. The quantitative estimate of drug-likeness (QED) is 0.304. The Morgan fingerprint density at radius 1 is 0.722 bits per heavy atom. The molecular formula is C26H43N3O5S2. The van der Waals surface area contributed by atoms with E-state index in [0.29, 0.717) is 57.6 Å². The Morgan fingerprint density at radius 3 is 1.56 bits per heavy atom. The van der Waals surface area contributed by atoms with Crippen molar-refractivity contribution in [1.82, 2.24) is 13.6 Å². The van der Waals surface area contributed by atoms with Crippen molar-refractivity contribution in [3.8, 4) is 5.75 Å². The normalized spacial score (nSPS) is 12.8. The van der Waals surface area contributed by atoms with Crippen LogP contribution in [0.3, 0.4) is 0 Å². The first-order valence-corrected chi connectivity index (χ1v) is 16.1. The predicted molar refractivity (Wildman–Crippen MR) is 145 cm³/mol. The number of unbranched alkanes of at least 4 members (excludes halogenated alkanes) is 4. The highest BCUT2D eigenvalue weighted by Gasteiger charge is 2.34. The maximum atomic E-state index is 14.0. The maximum Gasteiger partial charge on any atom is 0.246 e. The van der Waals surface area contributed by atoms with Crippen LogP contribution in [0.2, 0.25) is 0 Å². The molecule has 0 radical (unpaired) electrons. The van der Waals surface area contributed by atoms with Gasteiger partial charge in [-0.1, -0.05) is 53.4 Å². The van der Waals surface area contributed by atoms with Crippen molar-refractivity contribution in [2.24, 2.45) is 0 Å². The Morgan fingerprint density at radius 2 is 1.14 bits per heavy atom. The number of phenolic OH excluding ortho intramolecular Hbond substituents is 1. The average molecular weight is 542 g/mol. The van der Waals surface area contributed by atoms with E-state index in [1.54, 1.807) is 19.1 Å². The summed E-state index contributed by atoms with van der Waals surface area (Å²) >= 11 is 0. The van der Waals surface area contributed by atoms with Crippen molar-refractivity contribution in [3.05, 3.63) is 23.9 Å². The molecule has 0 fully saturated rings. The number of nitrogens with zero attached hydrogens (tertiary/aromatic N) is 3. The first-order chi connectivity index (χ1) is 17.1. The van der Waals surface area contributed by atoms with Crippen LogP contribution in [0.15, 0.2) is 28.0 Å². The molecule has 1 aromatic carbocycles. The molecule has 0 amide bonds. The van der Waals surface area contributed by atoms with Crippen molar-refractivity contribution in [3.63, 3.8) is 0 Å². The van der Waals surface area contributed by atoms with Crippen LogP contribution in [0, 0.1) is 6.92 Å². The third kappa shape index (κ3) is 6.96. The molecule has 0 aliphatic heterocycles. The molecule has 10 heteroatoms. The summed E-state index contributed by atoms with van der Waals surface area (Å²) in [5.41, 5.74) is 0.546. The molecule has 0 atom stereocenters. The summed E-state index contributed by atoms with van der Waals surface area (Å²) in [6.07, 6.45) is 6.02. The molecule has 0 saturated heterocycles. The Kier molecular flexibility index (Phi) is 11.6. The van der Waals surface area contributed by atoms with Gasteiger partial charge in [-0.3, -0.25) is 0 Å². The van der Waals surface area contributed by atoms with E-state index in [0.717, 1.165) is 31.7 Å².